The number of anilines is 1. The standard InChI is InChI=1S/C21H15BrN2O2S/c22-16-12-15(14-6-2-1-3-7-14)10-11-18(16)26-13-20(25)24-21-23-17-8-4-5-9-19(17)27-21/h1-12H,13H2,(H,23,24,25). The predicted octanol–water partition coefficient (Wildman–Crippen LogP) is 5.74. The van der Waals surface area contributed by atoms with Crippen molar-refractivity contribution in [3.8, 4) is 16.9 Å². The first kappa shape index (κ1) is 17.7. The largest absolute Gasteiger partial charge is 0.483 e. The SMILES string of the molecule is O=C(COc1ccc(-c2ccccc2)cc1Br)Nc1nc2ccccc2s1. The van der Waals surface area contributed by atoms with Gasteiger partial charge < -0.3 is 4.74 Å². The molecular weight excluding hydrogens is 424 g/mol. The number of fused-ring (bicyclic) bond motifs is 1. The summed E-state index contributed by atoms with van der Waals surface area (Å²) in [6, 6.07) is 23.7. The van der Waals surface area contributed by atoms with Crippen molar-refractivity contribution in [3.05, 3.63) is 77.3 Å². The van der Waals surface area contributed by atoms with E-state index in [1.165, 1.54) is 11.3 Å². The number of benzene rings is 3. The van der Waals surface area contributed by atoms with E-state index in [-0.39, 0.29) is 12.5 Å². The third-order valence-corrected chi connectivity index (χ3v) is 5.51. The molecule has 0 bridgehead atoms. The Bertz CT molecular complexity index is 1060. The van der Waals surface area contributed by atoms with Crippen LogP contribution in [0.25, 0.3) is 21.3 Å². The summed E-state index contributed by atoms with van der Waals surface area (Å²) in [7, 11) is 0. The topological polar surface area (TPSA) is 51.2 Å². The quantitative estimate of drug-likeness (QED) is 0.431. The van der Waals surface area contributed by atoms with Crippen LogP contribution in [0.2, 0.25) is 0 Å². The molecule has 0 radical (unpaired) electrons. The van der Waals surface area contributed by atoms with Gasteiger partial charge >= 0.3 is 0 Å². The van der Waals surface area contributed by atoms with Crippen LogP contribution in [-0.2, 0) is 4.79 Å². The number of hydrogen-bond acceptors (Lipinski definition) is 4. The number of rotatable bonds is 5. The maximum absolute atomic E-state index is 12.2. The highest BCUT2D eigenvalue weighted by Crippen LogP contribution is 2.31. The van der Waals surface area contributed by atoms with Gasteiger partial charge in [0.25, 0.3) is 5.91 Å². The fourth-order valence-corrected chi connectivity index (χ4v) is 4.03. The lowest BCUT2D eigenvalue weighted by Crippen LogP contribution is -2.20. The lowest BCUT2D eigenvalue weighted by molar-refractivity contribution is -0.118. The minimum absolute atomic E-state index is 0.0841. The zero-order valence-corrected chi connectivity index (χ0v) is 16.6. The summed E-state index contributed by atoms with van der Waals surface area (Å²) in [5, 5.41) is 3.36. The third-order valence-electron chi connectivity index (χ3n) is 3.94. The summed E-state index contributed by atoms with van der Waals surface area (Å²) in [6.45, 7) is -0.0841. The van der Waals surface area contributed by atoms with Crippen molar-refractivity contribution in [2.45, 2.75) is 0 Å². The molecule has 0 fully saturated rings. The number of carbonyl (C=O) groups excluding carboxylic acids is 1. The second-order valence-electron chi connectivity index (χ2n) is 5.83. The summed E-state index contributed by atoms with van der Waals surface area (Å²) in [4.78, 5) is 16.6. The molecule has 0 unspecified atom stereocenters. The molecule has 1 aromatic heterocycles. The monoisotopic (exact) mass is 438 g/mol. The van der Waals surface area contributed by atoms with Gasteiger partial charge in [-0.25, -0.2) is 4.98 Å². The molecule has 134 valence electrons. The highest BCUT2D eigenvalue weighted by atomic mass is 79.9. The van der Waals surface area contributed by atoms with Gasteiger partial charge in [-0.1, -0.05) is 59.9 Å². The number of nitrogens with zero attached hydrogens (tertiary/aromatic N) is 1. The van der Waals surface area contributed by atoms with Crippen molar-refractivity contribution >= 4 is 48.5 Å². The Balaban J connectivity index is 1.40. The molecule has 27 heavy (non-hydrogen) atoms. The van der Waals surface area contributed by atoms with Gasteiger partial charge in [0.05, 0.1) is 14.7 Å². The van der Waals surface area contributed by atoms with Gasteiger partial charge in [0.1, 0.15) is 5.75 Å². The van der Waals surface area contributed by atoms with Crippen LogP contribution in [0.5, 0.6) is 5.75 Å². The van der Waals surface area contributed by atoms with Crippen molar-refractivity contribution in [2.24, 2.45) is 0 Å². The van der Waals surface area contributed by atoms with E-state index in [0.717, 1.165) is 25.8 Å². The maximum atomic E-state index is 12.2. The lowest BCUT2D eigenvalue weighted by atomic mass is 10.1. The summed E-state index contributed by atoms with van der Waals surface area (Å²) in [6.07, 6.45) is 0. The van der Waals surface area contributed by atoms with E-state index in [1.807, 2.05) is 72.8 Å². The molecule has 0 aliphatic carbocycles. The van der Waals surface area contributed by atoms with Gasteiger partial charge in [0, 0.05) is 0 Å². The summed E-state index contributed by atoms with van der Waals surface area (Å²) >= 11 is 4.96. The molecule has 0 aliphatic heterocycles. The van der Waals surface area contributed by atoms with Crippen LogP contribution in [0.3, 0.4) is 0 Å². The summed E-state index contributed by atoms with van der Waals surface area (Å²) in [5.74, 6) is 0.377. The number of aromatic nitrogens is 1. The van der Waals surface area contributed by atoms with Crippen LogP contribution in [0, 0.1) is 0 Å². The fraction of sp³-hybridized carbons (Fsp3) is 0.0476. The number of thiazole rings is 1. The van der Waals surface area contributed by atoms with E-state index >= 15 is 0 Å². The van der Waals surface area contributed by atoms with Crippen LogP contribution >= 0.6 is 27.3 Å². The molecule has 4 rings (SSSR count). The number of carbonyl (C=O) groups is 1. The first-order valence-corrected chi connectivity index (χ1v) is 9.93. The highest BCUT2D eigenvalue weighted by Gasteiger charge is 2.10. The molecule has 1 heterocycles. The number of amides is 1. The summed E-state index contributed by atoms with van der Waals surface area (Å²) < 4.78 is 7.49. The van der Waals surface area contributed by atoms with E-state index < -0.39 is 0 Å². The lowest BCUT2D eigenvalue weighted by Gasteiger charge is -2.09. The van der Waals surface area contributed by atoms with E-state index in [0.29, 0.717) is 10.9 Å². The highest BCUT2D eigenvalue weighted by molar-refractivity contribution is 9.10. The Labute approximate surface area is 169 Å². The van der Waals surface area contributed by atoms with Gasteiger partial charge in [0.15, 0.2) is 11.7 Å². The van der Waals surface area contributed by atoms with Crippen molar-refractivity contribution in [3.63, 3.8) is 0 Å². The van der Waals surface area contributed by atoms with E-state index in [9.17, 15) is 4.79 Å². The first-order chi connectivity index (χ1) is 13.2. The Morgan fingerprint density at radius 2 is 1.78 bits per heavy atom. The third kappa shape index (κ3) is 4.18. The molecular formula is C21H15BrN2O2S. The van der Waals surface area contributed by atoms with Crippen molar-refractivity contribution in [1.82, 2.24) is 4.98 Å². The molecule has 4 nitrogen and oxygen atoms in total. The first-order valence-electron chi connectivity index (χ1n) is 8.32. The van der Waals surface area contributed by atoms with Gasteiger partial charge in [-0.2, -0.15) is 0 Å². The molecule has 4 aromatic rings. The molecule has 0 aliphatic rings. The van der Waals surface area contributed by atoms with Crippen molar-refractivity contribution < 1.29 is 9.53 Å². The molecule has 0 saturated heterocycles. The van der Waals surface area contributed by atoms with Crippen LogP contribution in [0.4, 0.5) is 5.13 Å². The Kier molecular flexibility index (Phi) is 5.18. The second-order valence-corrected chi connectivity index (χ2v) is 7.72. The minimum atomic E-state index is -0.243. The fourth-order valence-electron chi connectivity index (χ4n) is 2.65. The zero-order chi connectivity index (χ0) is 18.6. The van der Waals surface area contributed by atoms with Crippen LogP contribution in [0.1, 0.15) is 0 Å². The molecule has 1 N–H and O–H groups in total. The molecule has 3 aromatic carbocycles. The van der Waals surface area contributed by atoms with Crippen LogP contribution < -0.4 is 10.1 Å². The zero-order valence-electron chi connectivity index (χ0n) is 14.2. The van der Waals surface area contributed by atoms with E-state index in [4.69, 9.17) is 4.74 Å². The smallest absolute Gasteiger partial charge is 0.264 e. The second kappa shape index (κ2) is 7.90. The van der Waals surface area contributed by atoms with Crippen molar-refractivity contribution in [1.29, 1.82) is 0 Å². The Hall–Kier alpha value is -2.70. The minimum Gasteiger partial charge on any atom is -0.483 e. The number of halogens is 1. The number of ether oxygens (including phenoxy) is 1. The van der Waals surface area contributed by atoms with E-state index in [1.54, 1.807) is 0 Å². The molecule has 0 saturated carbocycles. The predicted molar refractivity (Wildman–Crippen MR) is 113 cm³/mol. The van der Waals surface area contributed by atoms with Crippen LogP contribution in [0.15, 0.2) is 77.3 Å². The number of nitrogens with one attached hydrogen (secondary N) is 1. The van der Waals surface area contributed by atoms with Crippen LogP contribution in [-0.4, -0.2) is 17.5 Å². The molecule has 0 atom stereocenters. The number of hydrogen-bond donors (Lipinski definition) is 1. The van der Waals surface area contributed by atoms with E-state index in [2.05, 4.69) is 26.2 Å². The molecule has 1 amide bonds. The van der Waals surface area contributed by atoms with Gasteiger partial charge in [-0.3, -0.25) is 10.1 Å². The van der Waals surface area contributed by atoms with Gasteiger partial charge in [-0.15, -0.1) is 0 Å². The normalized spacial score (nSPS) is 10.7. The van der Waals surface area contributed by atoms with Gasteiger partial charge in [-0.05, 0) is 51.3 Å². The van der Waals surface area contributed by atoms with Crippen molar-refractivity contribution in [2.75, 3.05) is 11.9 Å². The molecule has 0 spiro atoms. The summed E-state index contributed by atoms with van der Waals surface area (Å²) in [5.41, 5.74) is 3.07. The Morgan fingerprint density at radius 1 is 1.00 bits per heavy atom. The number of para-hydroxylation sites is 1. The molecule has 6 heteroatoms. The van der Waals surface area contributed by atoms with Gasteiger partial charge in [0.2, 0.25) is 0 Å². The average molecular weight is 439 g/mol. The Morgan fingerprint density at radius 3 is 2.56 bits per heavy atom. The average Bonchev–Trinajstić information content (AvgIpc) is 3.10. The maximum Gasteiger partial charge on any atom is 0.264 e.